The zero-order valence-electron chi connectivity index (χ0n) is 10.2. The summed E-state index contributed by atoms with van der Waals surface area (Å²) in [5.41, 5.74) is 2.05. The first-order chi connectivity index (χ1) is 8.92. The smallest absolute Gasteiger partial charge is 0.222 e. The van der Waals surface area contributed by atoms with Gasteiger partial charge in [-0.15, -0.1) is 0 Å². The molecule has 0 radical (unpaired) electrons. The number of anilines is 1. The third-order valence-electron chi connectivity index (χ3n) is 3.23. The van der Waals surface area contributed by atoms with Crippen LogP contribution in [0.2, 0.25) is 0 Å². The Morgan fingerprint density at radius 1 is 1.17 bits per heavy atom. The largest absolute Gasteiger partial charge is 0.361 e. The van der Waals surface area contributed by atoms with Gasteiger partial charge >= 0.3 is 0 Å². The number of nitrogens with one attached hydrogen (secondary N) is 3. The van der Waals surface area contributed by atoms with Crippen LogP contribution in [-0.4, -0.2) is 34.1 Å². The van der Waals surface area contributed by atoms with Gasteiger partial charge in [-0.1, -0.05) is 0 Å². The number of rotatable bonds is 3. The summed E-state index contributed by atoms with van der Waals surface area (Å²) in [5.74, 6) is 0.720. The molecule has 1 aliphatic heterocycles. The Balaban J connectivity index is 1.67. The van der Waals surface area contributed by atoms with Crippen molar-refractivity contribution in [2.24, 2.45) is 0 Å². The van der Waals surface area contributed by atoms with Gasteiger partial charge in [0.1, 0.15) is 0 Å². The molecule has 5 nitrogen and oxygen atoms in total. The number of hydrogen-bond donors (Lipinski definition) is 3. The summed E-state index contributed by atoms with van der Waals surface area (Å²) in [4.78, 5) is 11.9. The summed E-state index contributed by atoms with van der Waals surface area (Å²) < 4.78 is 0. The minimum Gasteiger partial charge on any atom is -0.361 e. The van der Waals surface area contributed by atoms with Crippen molar-refractivity contribution < 1.29 is 0 Å². The molecule has 5 heteroatoms. The van der Waals surface area contributed by atoms with E-state index in [2.05, 4.69) is 25.6 Å². The Morgan fingerprint density at radius 3 is 2.61 bits per heavy atom. The lowest BCUT2D eigenvalue weighted by molar-refractivity contribution is 0.477. The Bertz CT molecular complexity index is 471. The van der Waals surface area contributed by atoms with Crippen molar-refractivity contribution in [1.82, 2.24) is 20.3 Å². The summed E-state index contributed by atoms with van der Waals surface area (Å²) in [6, 6.07) is 4.47. The Morgan fingerprint density at radius 2 is 1.94 bits per heavy atom. The van der Waals surface area contributed by atoms with Gasteiger partial charge in [0.15, 0.2) is 0 Å². The highest BCUT2D eigenvalue weighted by atomic mass is 15.1. The Kier molecular flexibility index (Phi) is 3.23. The Labute approximate surface area is 106 Å². The normalized spacial score (nSPS) is 16.7. The van der Waals surface area contributed by atoms with Crippen molar-refractivity contribution in [2.75, 3.05) is 18.4 Å². The van der Waals surface area contributed by atoms with Gasteiger partial charge in [0.05, 0.1) is 0 Å². The van der Waals surface area contributed by atoms with E-state index in [9.17, 15) is 0 Å². The van der Waals surface area contributed by atoms with Crippen molar-refractivity contribution >= 4 is 5.95 Å². The van der Waals surface area contributed by atoms with E-state index in [4.69, 9.17) is 0 Å². The molecule has 3 heterocycles. The molecule has 0 bridgehead atoms. The molecule has 0 spiro atoms. The van der Waals surface area contributed by atoms with Gasteiger partial charge in [-0.3, -0.25) is 0 Å². The number of hydrogen-bond acceptors (Lipinski definition) is 4. The van der Waals surface area contributed by atoms with E-state index < -0.39 is 0 Å². The maximum absolute atomic E-state index is 4.37. The molecular weight excluding hydrogens is 226 g/mol. The number of aromatic amines is 1. The Hall–Kier alpha value is -1.88. The van der Waals surface area contributed by atoms with Gasteiger partial charge < -0.3 is 15.6 Å². The summed E-state index contributed by atoms with van der Waals surface area (Å²) >= 11 is 0. The van der Waals surface area contributed by atoms with Crippen LogP contribution in [-0.2, 0) is 0 Å². The third kappa shape index (κ3) is 2.51. The standard InChI is InChI=1S/C13H17N5/c1-2-12(15-5-1)10-8-16-13(17-9-10)18-11-3-6-14-7-4-11/h1-2,5,8-9,11,14-15H,3-4,6-7H2,(H,16,17,18). The molecule has 3 rings (SSSR count). The van der Waals surface area contributed by atoms with Gasteiger partial charge in [0, 0.05) is 35.9 Å². The van der Waals surface area contributed by atoms with E-state index in [1.165, 1.54) is 0 Å². The lowest BCUT2D eigenvalue weighted by atomic mass is 10.1. The van der Waals surface area contributed by atoms with Gasteiger partial charge in [-0.2, -0.15) is 0 Å². The molecule has 1 aliphatic rings. The zero-order valence-corrected chi connectivity index (χ0v) is 10.2. The van der Waals surface area contributed by atoms with Crippen LogP contribution in [0.25, 0.3) is 11.3 Å². The SMILES string of the molecule is c1c[nH]c(-c2cnc(NC3CCNCC3)nc2)c1. The van der Waals surface area contributed by atoms with Crippen molar-refractivity contribution in [3.05, 3.63) is 30.7 Å². The maximum atomic E-state index is 4.37. The molecule has 18 heavy (non-hydrogen) atoms. The second-order valence-corrected chi connectivity index (χ2v) is 4.55. The average molecular weight is 243 g/mol. The molecule has 0 aromatic carbocycles. The highest BCUT2D eigenvalue weighted by Gasteiger charge is 2.13. The molecule has 2 aromatic heterocycles. The first-order valence-corrected chi connectivity index (χ1v) is 6.35. The molecule has 2 aromatic rings. The average Bonchev–Trinajstić information content (AvgIpc) is 2.95. The highest BCUT2D eigenvalue weighted by Crippen LogP contribution is 2.16. The summed E-state index contributed by atoms with van der Waals surface area (Å²) in [6.07, 6.45) is 7.85. The van der Waals surface area contributed by atoms with Crippen LogP contribution in [0.15, 0.2) is 30.7 Å². The number of nitrogens with zero attached hydrogens (tertiary/aromatic N) is 2. The fraction of sp³-hybridized carbons (Fsp3) is 0.385. The molecule has 0 atom stereocenters. The minimum atomic E-state index is 0.489. The predicted molar refractivity (Wildman–Crippen MR) is 71.3 cm³/mol. The molecule has 0 unspecified atom stereocenters. The highest BCUT2D eigenvalue weighted by molar-refractivity contribution is 5.57. The summed E-state index contributed by atoms with van der Waals surface area (Å²) in [7, 11) is 0. The van der Waals surface area contributed by atoms with E-state index in [0.29, 0.717) is 6.04 Å². The molecule has 1 fully saturated rings. The third-order valence-corrected chi connectivity index (χ3v) is 3.23. The molecule has 3 N–H and O–H groups in total. The van der Waals surface area contributed by atoms with Gasteiger partial charge in [0.2, 0.25) is 5.95 Å². The predicted octanol–water partition coefficient (Wildman–Crippen LogP) is 1.64. The molecule has 94 valence electrons. The first kappa shape index (κ1) is 11.2. The molecule has 0 aliphatic carbocycles. The maximum Gasteiger partial charge on any atom is 0.222 e. The number of H-pyrrole nitrogens is 1. The van der Waals surface area contributed by atoms with Crippen LogP contribution in [0.4, 0.5) is 5.95 Å². The van der Waals surface area contributed by atoms with E-state index in [-0.39, 0.29) is 0 Å². The fourth-order valence-corrected chi connectivity index (χ4v) is 2.20. The van der Waals surface area contributed by atoms with Crippen LogP contribution < -0.4 is 10.6 Å². The topological polar surface area (TPSA) is 65.6 Å². The van der Waals surface area contributed by atoms with Crippen molar-refractivity contribution in [3.63, 3.8) is 0 Å². The molecule has 0 saturated carbocycles. The van der Waals surface area contributed by atoms with Crippen LogP contribution in [0.5, 0.6) is 0 Å². The minimum absolute atomic E-state index is 0.489. The van der Waals surface area contributed by atoms with Crippen molar-refractivity contribution in [3.8, 4) is 11.3 Å². The van der Waals surface area contributed by atoms with E-state index in [0.717, 1.165) is 43.1 Å². The second-order valence-electron chi connectivity index (χ2n) is 4.55. The van der Waals surface area contributed by atoms with E-state index >= 15 is 0 Å². The van der Waals surface area contributed by atoms with Crippen molar-refractivity contribution in [1.29, 1.82) is 0 Å². The van der Waals surface area contributed by atoms with Crippen LogP contribution >= 0.6 is 0 Å². The number of piperidine rings is 1. The summed E-state index contributed by atoms with van der Waals surface area (Å²) in [6.45, 7) is 2.14. The quantitative estimate of drug-likeness (QED) is 0.766. The lowest BCUT2D eigenvalue weighted by Gasteiger charge is -2.23. The van der Waals surface area contributed by atoms with Crippen LogP contribution in [0.3, 0.4) is 0 Å². The molecule has 1 saturated heterocycles. The number of aromatic nitrogens is 3. The first-order valence-electron chi connectivity index (χ1n) is 6.35. The van der Waals surface area contributed by atoms with Crippen LogP contribution in [0.1, 0.15) is 12.8 Å². The van der Waals surface area contributed by atoms with Gasteiger partial charge in [0.25, 0.3) is 0 Å². The van der Waals surface area contributed by atoms with E-state index in [1.54, 1.807) is 0 Å². The monoisotopic (exact) mass is 243 g/mol. The lowest BCUT2D eigenvalue weighted by Crippen LogP contribution is -2.35. The summed E-state index contributed by atoms with van der Waals surface area (Å²) in [5, 5.41) is 6.72. The van der Waals surface area contributed by atoms with E-state index in [1.807, 2.05) is 30.7 Å². The fourth-order valence-electron chi connectivity index (χ4n) is 2.20. The van der Waals surface area contributed by atoms with Gasteiger partial charge in [-0.05, 0) is 38.1 Å². The van der Waals surface area contributed by atoms with Gasteiger partial charge in [-0.25, -0.2) is 9.97 Å². The van der Waals surface area contributed by atoms with Crippen LogP contribution in [0, 0.1) is 0 Å². The molecular formula is C13H17N5. The second kappa shape index (κ2) is 5.18. The zero-order chi connectivity index (χ0) is 12.2. The van der Waals surface area contributed by atoms with Crippen molar-refractivity contribution in [2.45, 2.75) is 18.9 Å². The molecule has 0 amide bonds.